The van der Waals surface area contributed by atoms with Crippen LogP contribution in [-0.2, 0) is 4.79 Å². The Morgan fingerprint density at radius 1 is 1.60 bits per heavy atom. The number of carbonyl (C=O) groups is 1. The first-order valence-electron chi connectivity index (χ1n) is 4.63. The van der Waals surface area contributed by atoms with Crippen LogP contribution in [0.4, 0.5) is 13.2 Å². The van der Waals surface area contributed by atoms with Gasteiger partial charge < -0.3 is 10.6 Å². The lowest BCUT2D eigenvalue weighted by atomic mass is 10.1. The monoisotopic (exact) mass is 222 g/mol. The minimum Gasteiger partial charge on any atom is -0.337 e. The van der Waals surface area contributed by atoms with Gasteiger partial charge in [0.2, 0.25) is 5.91 Å². The summed E-state index contributed by atoms with van der Waals surface area (Å²) in [5.74, 6) is -0.313. The van der Waals surface area contributed by atoms with Crippen LogP contribution in [0.1, 0.15) is 13.3 Å². The van der Waals surface area contributed by atoms with Crippen molar-refractivity contribution in [3.05, 3.63) is 11.6 Å². The fraction of sp³-hybridized carbons (Fsp3) is 0.667. The number of alkyl halides is 3. The van der Waals surface area contributed by atoms with E-state index in [0.717, 1.165) is 6.08 Å². The molecular formula is C9H13F3N2O. The SMILES string of the molecule is C[C@H](N)C(=O)N1CC=C(C(F)(F)F)CC1. The first-order valence-corrected chi connectivity index (χ1v) is 4.63. The van der Waals surface area contributed by atoms with Crippen molar-refractivity contribution >= 4 is 5.91 Å². The molecule has 0 saturated heterocycles. The zero-order chi connectivity index (χ0) is 11.6. The molecule has 0 aliphatic carbocycles. The molecule has 0 saturated carbocycles. The summed E-state index contributed by atoms with van der Waals surface area (Å²) in [5.41, 5.74) is 4.79. The van der Waals surface area contributed by atoms with Crippen LogP contribution in [0, 0.1) is 0 Å². The van der Waals surface area contributed by atoms with Crippen molar-refractivity contribution in [2.24, 2.45) is 5.73 Å². The van der Waals surface area contributed by atoms with Crippen LogP contribution < -0.4 is 5.73 Å². The van der Waals surface area contributed by atoms with E-state index < -0.39 is 17.8 Å². The highest BCUT2D eigenvalue weighted by Gasteiger charge is 2.35. The van der Waals surface area contributed by atoms with Gasteiger partial charge in [-0.1, -0.05) is 6.08 Å². The van der Waals surface area contributed by atoms with Gasteiger partial charge in [-0.25, -0.2) is 0 Å². The average Bonchev–Trinajstić information content (AvgIpc) is 2.15. The molecule has 1 amide bonds. The van der Waals surface area contributed by atoms with Crippen LogP contribution in [0.15, 0.2) is 11.6 Å². The van der Waals surface area contributed by atoms with Crippen molar-refractivity contribution in [1.82, 2.24) is 4.90 Å². The number of nitrogens with two attached hydrogens (primary N) is 1. The van der Waals surface area contributed by atoms with Gasteiger partial charge in [0.15, 0.2) is 0 Å². The highest BCUT2D eigenvalue weighted by Crippen LogP contribution is 2.30. The van der Waals surface area contributed by atoms with Crippen molar-refractivity contribution < 1.29 is 18.0 Å². The lowest BCUT2D eigenvalue weighted by Crippen LogP contribution is -2.44. The maximum atomic E-state index is 12.2. The van der Waals surface area contributed by atoms with Crippen LogP contribution in [0.3, 0.4) is 0 Å². The smallest absolute Gasteiger partial charge is 0.337 e. The molecule has 15 heavy (non-hydrogen) atoms. The van der Waals surface area contributed by atoms with E-state index >= 15 is 0 Å². The predicted octanol–water partition coefficient (Wildman–Crippen LogP) is 1.05. The average molecular weight is 222 g/mol. The number of halogens is 3. The maximum Gasteiger partial charge on any atom is 0.412 e. The van der Waals surface area contributed by atoms with Gasteiger partial charge in [0, 0.05) is 18.7 Å². The minimum atomic E-state index is -4.27. The Bertz CT molecular complexity index is 284. The second-order valence-electron chi connectivity index (χ2n) is 3.55. The molecule has 0 aromatic heterocycles. The maximum absolute atomic E-state index is 12.2. The van der Waals surface area contributed by atoms with Gasteiger partial charge in [-0.2, -0.15) is 13.2 Å². The molecule has 1 rings (SSSR count). The molecule has 1 heterocycles. The Labute approximate surface area is 85.7 Å². The molecule has 6 heteroatoms. The Balaban J connectivity index is 2.62. The van der Waals surface area contributed by atoms with Crippen molar-refractivity contribution in [3.63, 3.8) is 0 Å². The van der Waals surface area contributed by atoms with Crippen LogP contribution in [0.2, 0.25) is 0 Å². The summed E-state index contributed by atoms with van der Waals surface area (Å²) in [6.07, 6.45) is -3.38. The molecule has 3 nitrogen and oxygen atoms in total. The normalized spacial score (nSPS) is 19.8. The quantitative estimate of drug-likeness (QED) is 0.674. The Hall–Kier alpha value is -1.04. The Kier molecular flexibility index (Phi) is 3.38. The van der Waals surface area contributed by atoms with E-state index in [2.05, 4.69) is 0 Å². The third kappa shape index (κ3) is 2.95. The van der Waals surface area contributed by atoms with E-state index in [1.807, 2.05) is 0 Å². The van der Waals surface area contributed by atoms with Gasteiger partial charge in [-0.3, -0.25) is 4.79 Å². The van der Waals surface area contributed by atoms with E-state index in [4.69, 9.17) is 5.73 Å². The second-order valence-corrected chi connectivity index (χ2v) is 3.55. The molecule has 0 spiro atoms. The van der Waals surface area contributed by atoms with E-state index in [9.17, 15) is 18.0 Å². The zero-order valence-electron chi connectivity index (χ0n) is 8.34. The lowest BCUT2D eigenvalue weighted by Gasteiger charge is -2.28. The number of nitrogens with zero attached hydrogens (tertiary/aromatic N) is 1. The number of hydrogen-bond donors (Lipinski definition) is 1. The number of hydrogen-bond acceptors (Lipinski definition) is 2. The summed E-state index contributed by atoms with van der Waals surface area (Å²) >= 11 is 0. The summed E-state index contributed by atoms with van der Waals surface area (Å²) in [6.45, 7) is 1.60. The van der Waals surface area contributed by atoms with E-state index in [1.165, 1.54) is 11.8 Å². The molecule has 0 fully saturated rings. The third-order valence-corrected chi connectivity index (χ3v) is 2.27. The number of rotatable bonds is 1. The molecule has 0 unspecified atom stereocenters. The molecule has 2 N–H and O–H groups in total. The Morgan fingerprint density at radius 3 is 2.53 bits per heavy atom. The van der Waals surface area contributed by atoms with Gasteiger partial charge in [0.25, 0.3) is 0 Å². The first kappa shape index (κ1) is 12.0. The van der Waals surface area contributed by atoms with Gasteiger partial charge >= 0.3 is 6.18 Å². The summed E-state index contributed by atoms with van der Waals surface area (Å²) in [5, 5.41) is 0. The predicted molar refractivity (Wildman–Crippen MR) is 49.0 cm³/mol. The molecular weight excluding hydrogens is 209 g/mol. The standard InChI is InChI=1S/C9H13F3N2O/c1-6(13)8(15)14-4-2-7(3-5-14)9(10,11)12/h2,6H,3-5,13H2,1H3/t6-/m0/s1. The number of amides is 1. The van der Waals surface area contributed by atoms with Crippen molar-refractivity contribution in [2.45, 2.75) is 25.6 Å². The topological polar surface area (TPSA) is 46.3 Å². The molecule has 0 bridgehead atoms. The van der Waals surface area contributed by atoms with Gasteiger partial charge in [-0.15, -0.1) is 0 Å². The Morgan fingerprint density at radius 2 is 2.20 bits per heavy atom. The van der Waals surface area contributed by atoms with Gasteiger partial charge in [0.05, 0.1) is 6.04 Å². The highest BCUT2D eigenvalue weighted by molar-refractivity contribution is 5.81. The van der Waals surface area contributed by atoms with Gasteiger partial charge in [-0.05, 0) is 13.3 Å². The summed E-state index contributed by atoms with van der Waals surface area (Å²) < 4.78 is 36.7. The van der Waals surface area contributed by atoms with Crippen molar-refractivity contribution in [2.75, 3.05) is 13.1 Å². The molecule has 0 aromatic rings. The molecule has 86 valence electrons. The fourth-order valence-electron chi connectivity index (χ4n) is 1.41. The first-order chi connectivity index (χ1) is 6.82. The largest absolute Gasteiger partial charge is 0.412 e. The minimum absolute atomic E-state index is 0.00475. The zero-order valence-corrected chi connectivity index (χ0v) is 8.34. The van der Waals surface area contributed by atoms with Crippen molar-refractivity contribution in [1.29, 1.82) is 0 Å². The van der Waals surface area contributed by atoms with E-state index in [0.29, 0.717) is 0 Å². The van der Waals surface area contributed by atoms with E-state index in [-0.39, 0.29) is 25.4 Å². The van der Waals surface area contributed by atoms with Crippen LogP contribution in [0.5, 0.6) is 0 Å². The second kappa shape index (κ2) is 4.22. The fourth-order valence-corrected chi connectivity index (χ4v) is 1.41. The van der Waals surface area contributed by atoms with Gasteiger partial charge in [0.1, 0.15) is 0 Å². The molecule has 0 aromatic carbocycles. The number of carbonyl (C=O) groups excluding carboxylic acids is 1. The molecule has 1 aliphatic heterocycles. The van der Waals surface area contributed by atoms with Crippen LogP contribution >= 0.6 is 0 Å². The summed E-state index contributed by atoms with van der Waals surface area (Å²) in [6, 6.07) is -0.661. The third-order valence-electron chi connectivity index (χ3n) is 2.27. The van der Waals surface area contributed by atoms with Crippen molar-refractivity contribution in [3.8, 4) is 0 Å². The van der Waals surface area contributed by atoms with Crippen LogP contribution in [0.25, 0.3) is 0 Å². The molecule has 0 radical (unpaired) electrons. The summed E-state index contributed by atoms with van der Waals surface area (Å²) in [7, 11) is 0. The highest BCUT2D eigenvalue weighted by atomic mass is 19.4. The molecule has 1 atom stereocenters. The summed E-state index contributed by atoms with van der Waals surface area (Å²) in [4.78, 5) is 12.7. The lowest BCUT2D eigenvalue weighted by molar-refractivity contribution is -0.133. The van der Waals surface area contributed by atoms with Crippen LogP contribution in [-0.4, -0.2) is 36.1 Å². The van der Waals surface area contributed by atoms with E-state index in [1.54, 1.807) is 0 Å². The molecule has 1 aliphatic rings.